The number of anilines is 2. The number of nitrogens with zero attached hydrogens (tertiary/aromatic N) is 2. The summed E-state index contributed by atoms with van der Waals surface area (Å²) in [5.74, 6) is 1.36. The van der Waals surface area contributed by atoms with E-state index in [0.29, 0.717) is 12.5 Å². The Labute approximate surface area is 146 Å². The van der Waals surface area contributed by atoms with Crippen LogP contribution in [0.4, 0.5) is 11.8 Å². The van der Waals surface area contributed by atoms with Gasteiger partial charge >= 0.3 is 0 Å². The molecule has 122 valence electrons. The van der Waals surface area contributed by atoms with Crippen molar-refractivity contribution in [2.45, 2.75) is 20.0 Å². The van der Waals surface area contributed by atoms with Gasteiger partial charge in [0, 0.05) is 24.3 Å². The highest BCUT2D eigenvalue weighted by atomic mass is 35.5. The molecule has 0 unspecified atom stereocenters. The highest BCUT2D eigenvalue weighted by Crippen LogP contribution is 2.16. The van der Waals surface area contributed by atoms with Gasteiger partial charge < -0.3 is 10.6 Å². The predicted molar refractivity (Wildman–Crippen MR) is 99.3 cm³/mol. The summed E-state index contributed by atoms with van der Waals surface area (Å²) in [6.45, 7) is 3.42. The molecule has 0 aliphatic rings. The summed E-state index contributed by atoms with van der Waals surface area (Å²) < 4.78 is 0. The SMILES string of the molecule is Cc1ccccc1CNc1ccnc(NCc2ccccc2Cl)n1. The molecule has 3 rings (SSSR count). The summed E-state index contributed by atoms with van der Waals surface area (Å²) in [6.07, 6.45) is 1.74. The number of aryl methyl sites for hydroxylation is 1. The smallest absolute Gasteiger partial charge is 0.224 e. The Kier molecular flexibility index (Phi) is 5.29. The van der Waals surface area contributed by atoms with Crippen molar-refractivity contribution < 1.29 is 0 Å². The molecule has 4 nitrogen and oxygen atoms in total. The molecule has 0 spiro atoms. The first-order valence-corrected chi connectivity index (χ1v) is 8.19. The fourth-order valence-electron chi connectivity index (χ4n) is 2.35. The quantitative estimate of drug-likeness (QED) is 0.686. The molecule has 24 heavy (non-hydrogen) atoms. The van der Waals surface area contributed by atoms with E-state index in [0.717, 1.165) is 22.9 Å². The van der Waals surface area contributed by atoms with Crippen molar-refractivity contribution in [2.24, 2.45) is 0 Å². The highest BCUT2D eigenvalue weighted by molar-refractivity contribution is 6.31. The zero-order valence-electron chi connectivity index (χ0n) is 13.5. The maximum absolute atomic E-state index is 6.16. The van der Waals surface area contributed by atoms with Crippen LogP contribution in [0.2, 0.25) is 5.02 Å². The van der Waals surface area contributed by atoms with Gasteiger partial charge in [0.05, 0.1) is 0 Å². The van der Waals surface area contributed by atoms with Crippen LogP contribution < -0.4 is 10.6 Å². The van der Waals surface area contributed by atoms with E-state index in [2.05, 4.69) is 39.7 Å². The van der Waals surface area contributed by atoms with Crippen LogP contribution in [0.3, 0.4) is 0 Å². The molecule has 0 aliphatic carbocycles. The van der Waals surface area contributed by atoms with E-state index in [9.17, 15) is 0 Å². The second-order valence-corrected chi connectivity index (χ2v) is 5.90. The van der Waals surface area contributed by atoms with E-state index in [-0.39, 0.29) is 0 Å². The van der Waals surface area contributed by atoms with Crippen LogP contribution in [0.5, 0.6) is 0 Å². The van der Waals surface area contributed by atoms with Gasteiger partial charge in [0.15, 0.2) is 0 Å². The van der Waals surface area contributed by atoms with Crippen molar-refractivity contribution in [1.82, 2.24) is 9.97 Å². The molecule has 2 N–H and O–H groups in total. The Bertz CT molecular complexity index is 755. The molecule has 1 aromatic heterocycles. The van der Waals surface area contributed by atoms with E-state index in [1.165, 1.54) is 11.1 Å². The average molecular weight is 339 g/mol. The molecule has 0 aliphatic heterocycles. The number of aromatic nitrogens is 2. The first-order valence-electron chi connectivity index (χ1n) is 7.81. The van der Waals surface area contributed by atoms with Crippen molar-refractivity contribution in [3.63, 3.8) is 0 Å². The van der Waals surface area contributed by atoms with Crippen molar-refractivity contribution in [2.75, 3.05) is 10.6 Å². The predicted octanol–water partition coefficient (Wildman–Crippen LogP) is 4.66. The van der Waals surface area contributed by atoms with Gasteiger partial charge in [-0.1, -0.05) is 54.1 Å². The number of benzene rings is 2. The number of hydrogen-bond donors (Lipinski definition) is 2. The van der Waals surface area contributed by atoms with Crippen LogP contribution in [-0.2, 0) is 13.1 Å². The van der Waals surface area contributed by atoms with Gasteiger partial charge in [0.25, 0.3) is 0 Å². The molecule has 1 heterocycles. The van der Waals surface area contributed by atoms with E-state index < -0.39 is 0 Å². The molecule has 0 saturated heterocycles. The van der Waals surface area contributed by atoms with E-state index in [1.54, 1.807) is 6.20 Å². The van der Waals surface area contributed by atoms with Gasteiger partial charge in [-0.15, -0.1) is 0 Å². The van der Waals surface area contributed by atoms with Gasteiger partial charge in [0.1, 0.15) is 5.82 Å². The molecule has 0 amide bonds. The zero-order valence-corrected chi connectivity index (χ0v) is 14.2. The van der Waals surface area contributed by atoms with Crippen LogP contribution in [0.1, 0.15) is 16.7 Å². The molecular formula is C19H19ClN4. The molecule has 0 fully saturated rings. The maximum atomic E-state index is 6.16. The molecule has 0 atom stereocenters. The normalized spacial score (nSPS) is 10.4. The number of nitrogens with one attached hydrogen (secondary N) is 2. The second-order valence-electron chi connectivity index (χ2n) is 5.49. The lowest BCUT2D eigenvalue weighted by atomic mass is 10.1. The van der Waals surface area contributed by atoms with Crippen molar-refractivity contribution in [3.8, 4) is 0 Å². The minimum atomic E-state index is 0.574. The third-order valence-electron chi connectivity index (χ3n) is 3.77. The van der Waals surface area contributed by atoms with Crippen LogP contribution >= 0.6 is 11.6 Å². The van der Waals surface area contributed by atoms with Gasteiger partial charge in [-0.25, -0.2) is 4.98 Å². The fourth-order valence-corrected chi connectivity index (χ4v) is 2.56. The van der Waals surface area contributed by atoms with Crippen molar-refractivity contribution in [3.05, 3.63) is 82.5 Å². The monoisotopic (exact) mass is 338 g/mol. The van der Waals surface area contributed by atoms with Gasteiger partial charge in [-0.05, 0) is 35.7 Å². The highest BCUT2D eigenvalue weighted by Gasteiger charge is 2.03. The van der Waals surface area contributed by atoms with E-state index in [4.69, 9.17) is 11.6 Å². The summed E-state index contributed by atoms with van der Waals surface area (Å²) in [7, 11) is 0. The van der Waals surface area contributed by atoms with Crippen LogP contribution in [-0.4, -0.2) is 9.97 Å². The standard InChI is InChI=1S/C19H19ClN4/c1-14-6-2-3-7-15(14)12-22-18-10-11-21-19(24-18)23-13-16-8-4-5-9-17(16)20/h2-11H,12-13H2,1H3,(H2,21,22,23,24). The van der Waals surface area contributed by atoms with Crippen LogP contribution in [0, 0.1) is 6.92 Å². The molecule has 2 aromatic carbocycles. The minimum absolute atomic E-state index is 0.574. The summed E-state index contributed by atoms with van der Waals surface area (Å²) in [6, 6.07) is 17.9. The first-order chi connectivity index (χ1) is 11.7. The fraction of sp³-hybridized carbons (Fsp3) is 0.158. The summed E-state index contributed by atoms with van der Waals surface area (Å²) in [5, 5.41) is 7.27. The molecule has 0 bridgehead atoms. The van der Waals surface area contributed by atoms with Crippen LogP contribution in [0.25, 0.3) is 0 Å². The summed E-state index contributed by atoms with van der Waals surface area (Å²) in [5.41, 5.74) is 3.53. The topological polar surface area (TPSA) is 49.8 Å². The van der Waals surface area contributed by atoms with Gasteiger partial charge in [-0.3, -0.25) is 0 Å². The Morgan fingerprint density at radius 2 is 1.58 bits per heavy atom. The average Bonchev–Trinajstić information content (AvgIpc) is 2.61. The molecular weight excluding hydrogens is 320 g/mol. The summed E-state index contributed by atoms with van der Waals surface area (Å²) in [4.78, 5) is 8.74. The molecule has 3 aromatic rings. The lowest BCUT2D eigenvalue weighted by Crippen LogP contribution is -2.07. The van der Waals surface area contributed by atoms with E-state index >= 15 is 0 Å². The van der Waals surface area contributed by atoms with Crippen LogP contribution in [0.15, 0.2) is 60.8 Å². The zero-order chi connectivity index (χ0) is 16.8. The van der Waals surface area contributed by atoms with E-state index in [1.807, 2.05) is 42.5 Å². The van der Waals surface area contributed by atoms with Crippen molar-refractivity contribution >= 4 is 23.4 Å². The third-order valence-corrected chi connectivity index (χ3v) is 4.14. The molecule has 5 heteroatoms. The second kappa shape index (κ2) is 7.79. The Morgan fingerprint density at radius 1 is 0.875 bits per heavy atom. The Hall–Kier alpha value is -2.59. The Balaban J connectivity index is 1.62. The number of halogens is 1. The largest absolute Gasteiger partial charge is 0.366 e. The number of hydrogen-bond acceptors (Lipinski definition) is 4. The maximum Gasteiger partial charge on any atom is 0.224 e. The number of rotatable bonds is 6. The molecule has 0 saturated carbocycles. The first kappa shape index (κ1) is 16.3. The minimum Gasteiger partial charge on any atom is -0.366 e. The van der Waals surface area contributed by atoms with Gasteiger partial charge in [0.2, 0.25) is 5.95 Å². The molecule has 0 radical (unpaired) electrons. The summed E-state index contributed by atoms with van der Waals surface area (Å²) >= 11 is 6.16. The Morgan fingerprint density at radius 3 is 2.38 bits per heavy atom. The lowest BCUT2D eigenvalue weighted by molar-refractivity contribution is 1.03. The third kappa shape index (κ3) is 4.24. The van der Waals surface area contributed by atoms with Crippen molar-refractivity contribution in [1.29, 1.82) is 0 Å². The lowest BCUT2D eigenvalue weighted by Gasteiger charge is -2.10. The van der Waals surface area contributed by atoms with Gasteiger partial charge in [-0.2, -0.15) is 4.98 Å².